The minimum atomic E-state index is -1.03. The van der Waals surface area contributed by atoms with Crippen molar-refractivity contribution < 1.29 is 14.7 Å². The number of benzene rings is 1. The highest BCUT2D eigenvalue weighted by Crippen LogP contribution is 2.24. The van der Waals surface area contributed by atoms with Gasteiger partial charge in [-0.3, -0.25) is 4.79 Å². The zero-order chi connectivity index (χ0) is 15.6. The van der Waals surface area contributed by atoms with Crippen molar-refractivity contribution in [3.05, 3.63) is 35.5 Å². The van der Waals surface area contributed by atoms with Crippen LogP contribution >= 0.6 is 11.6 Å². The van der Waals surface area contributed by atoms with Gasteiger partial charge in [-0.05, 0) is 24.1 Å². The van der Waals surface area contributed by atoms with Crippen LogP contribution in [-0.2, 0) is 16.1 Å². The smallest absolute Gasteiger partial charge is 0.326 e. The average Bonchev–Trinajstić information content (AvgIpc) is 2.80. The van der Waals surface area contributed by atoms with Gasteiger partial charge in [0.05, 0.1) is 0 Å². The van der Waals surface area contributed by atoms with Gasteiger partial charge in [0.2, 0.25) is 5.91 Å². The molecule has 0 aliphatic rings. The molecule has 5 nitrogen and oxygen atoms in total. The average molecular weight is 309 g/mol. The van der Waals surface area contributed by atoms with Gasteiger partial charge in [-0.25, -0.2) is 4.79 Å². The number of carbonyl (C=O) groups is 2. The third kappa shape index (κ3) is 3.36. The number of aromatic nitrogens is 1. The van der Waals surface area contributed by atoms with Gasteiger partial charge in [0, 0.05) is 22.1 Å². The first-order valence-corrected chi connectivity index (χ1v) is 7.03. The van der Waals surface area contributed by atoms with Crippen molar-refractivity contribution in [1.29, 1.82) is 0 Å². The quantitative estimate of drug-likeness (QED) is 0.891. The number of carbonyl (C=O) groups excluding carboxylic acids is 1. The standard InChI is InChI=1S/C15H17ClN2O3/c1-9(2)14(15(20)21)17-13(19)8-18-7-6-10-11(16)4-3-5-12(10)18/h3-7,9,14H,8H2,1-2H3,(H,17,19)(H,20,21)/t14-/m1/s1. The van der Waals surface area contributed by atoms with E-state index in [1.54, 1.807) is 30.7 Å². The van der Waals surface area contributed by atoms with Crippen LogP contribution in [0.5, 0.6) is 0 Å². The summed E-state index contributed by atoms with van der Waals surface area (Å²) in [5.74, 6) is -1.55. The number of amides is 1. The van der Waals surface area contributed by atoms with Crippen LogP contribution in [0.1, 0.15) is 13.8 Å². The Balaban J connectivity index is 2.15. The monoisotopic (exact) mass is 308 g/mol. The molecule has 2 N–H and O–H groups in total. The van der Waals surface area contributed by atoms with Gasteiger partial charge in [-0.1, -0.05) is 31.5 Å². The van der Waals surface area contributed by atoms with Crippen molar-refractivity contribution in [1.82, 2.24) is 9.88 Å². The molecule has 0 saturated carbocycles. The van der Waals surface area contributed by atoms with E-state index in [2.05, 4.69) is 5.32 Å². The number of carboxylic acid groups (broad SMARTS) is 1. The molecule has 0 saturated heterocycles. The fraction of sp³-hybridized carbons (Fsp3) is 0.333. The summed E-state index contributed by atoms with van der Waals surface area (Å²) in [6.45, 7) is 3.56. The Morgan fingerprint density at radius 3 is 2.67 bits per heavy atom. The minimum Gasteiger partial charge on any atom is -0.480 e. The van der Waals surface area contributed by atoms with Crippen LogP contribution in [-0.4, -0.2) is 27.6 Å². The third-order valence-corrected chi connectivity index (χ3v) is 3.65. The molecule has 0 aliphatic heterocycles. The lowest BCUT2D eigenvalue weighted by Gasteiger charge is -2.18. The molecule has 2 aromatic rings. The van der Waals surface area contributed by atoms with E-state index in [1.165, 1.54) is 0 Å². The molecule has 0 spiro atoms. The number of aliphatic carboxylic acids is 1. The lowest BCUT2D eigenvalue weighted by Crippen LogP contribution is -2.45. The van der Waals surface area contributed by atoms with Crippen molar-refractivity contribution in [2.24, 2.45) is 5.92 Å². The Kier molecular flexibility index (Phi) is 4.53. The molecule has 2 rings (SSSR count). The van der Waals surface area contributed by atoms with Gasteiger partial charge >= 0.3 is 5.97 Å². The van der Waals surface area contributed by atoms with Crippen LogP contribution < -0.4 is 5.32 Å². The molecule has 21 heavy (non-hydrogen) atoms. The minimum absolute atomic E-state index is 0.0559. The Morgan fingerprint density at radius 1 is 1.33 bits per heavy atom. The lowest BCUT2D eigenvalue weighted by molar-refractivity contribution is -0.143. The van der Waals surface area contributed by atoms with E-state index in [1.807, 2.05) is 18.2 Å². The summed E-state index contributed by atoms with van der Waals surface area (Å²) in [7, 11) is 0. The number of hydrogen-bond acceptors (Lipinski definition) is 2. The van der Waals surface area contributed by atoms with Crippen molar-refractivity contribution in [3.8, 4) is 0 Å². The van der Waals surface area contributed by atoms with Crippen molar-refractivity contribution in [2.45, 2.75) is 26.4 Å². The second kappa shape index (κ2) is 6.18. The van der Waals surface area contributed by atoms with E-state index < -0.39 is 12.0 Å². The van der Waals surface area contributed by atoms with Gasteiger partial charge in [0.1, 0.15) is 12.6 Å². The number of halogens is 1. The first-order chi connectivity index (χ1) is 9.90. The largest absolute Gasteiger partial charge is 0.480 e. The molecule has 0 bridgehead atoms. The van der Waals surface area contributed by atoms with E-state index in [0.29, 0.717) is 5.02 Å². The molecule has 1 aromatic carbocycles. The van der Waals surface area contributed by atoms with Crippen molar-refractivity contribution in [3.63, 3.8) is 0 Å². The molecule has 6 heteroatoms. The second-order valence-corrected chi connectivity index (χ2v) is 5.65. The van der Waals surface area contributed by atoms with Gasteiger partial charge in [0.15, 0.2) is 0 Å². The first-order valence-electron chi connectivity index (χ1n) is 6.65. The van der Waals surface area contributed by atoms with Gasteiger partial charge in [0.25, 0.3) is 0 Å². The fourth-order valence-electron chi connectivity index (χ4n) is 2.21. The van der Waals surface area contributed by atoms with Crippen LogP contribution in [0, 0.1) is 5.92 Å². The molecular formula is C15H17ClN2O3. The van der Waals surface area contributed by atoms with E-state index in [4.69, 9.17) is 16.7 Å². The van der Waals surface area contributed by atoms with Crippen LogP contribution in [0.3, 0.4) is 0 Å². The highest BCUT2D eigenvalue weighted by Gasteiger charge is 2.23. The second-order valence-electron chi connectivity index (χ2n) is 5.24. The summed E-state index contributed by atoms with van der Waals surface area (Å²) in [6.07, 6.45) is 1.77. The number of nitrogens with zero attached hydrogens (tertiary/aromatic N) is 1. The summed E-state index contributed by atoms with van der Waals surface area (Å²) >= 11 is 6.08. The molecule has 112 valence electrons. The maximum Gasteiger partial charge on any atom is 0.326 e. The predicted molar refractivity (Wildman–Crippen MR) is 81.4 cm³/mol. The van der Waals surface area contributed by atoms with E-state index >= 15 is 0 Å². The maximum absolute atomic E-state index is 12.0. The van der Waals surface area contributed by atoms with E-state index in [9.17, 15) is 9.59 Å². The molecule has 0 fully saturated rings. The van der Waals surface area contributed by atoms with Gasteiger partial charge in [-0.15, -0.1) is 0 Å². The zero-order valence-electron chi connectivity index (χ0n) is 11.8. The first kappa shape index (κ1) is 15.4. The van der Waals surface area contributed by atoms with E-state index in [-0.39, 0.29) is 18.4 Å². The Bertz CT molecular complexity index is 679. The van der Waals surface area contributed by atoms with Crippen LogP contribution in [0.15, 0.2) is 30.5 Å². The summed E-state index contributed by atoms with van der Waals surface area (Å²) in [5.41, 5.74) is 0.842. The SMILES string of the molecule is CC(C)[C@@H](NC(=O)Cn1ccc2c(Cl)cccc21)C(=O)O. The number of fused-ring (bicyclic) bond motifs is 1. The topological polar surface area (TPSA) is 71.3 Å². The molecule has 1 atom stereocenters. The van der Waals surface area contributed by atoms with Crippen LogP contribution in [0.2, 0.25) is 5.02 Å². The normalized spacial score (nSPS) is 12.6. The molecule has 0 radical (unpaired) electrons. The molecule has 1 aromatic heterocycles. The third-order valence-electron chi connectivity index (χ3n) is 3.32. The van der Waals surface area contributed by atoms with Gasteiger partial charge in [-0.2, -0.15) is 0 Å². The molecule has 1 amide bonds. The lowest BCUT2D eigenvalue weighted by atomic mass is 10.1. The molecule has 0 unspecified atom stereocenters. The highest BCUT2D eigenvalue weighted by atomic mass is 35.5. The number of nitrogens with one attached hydrogen (secondary N) is 1. The Hall–Kier alpha value is -2.01. The summed E-state index contributed by atoms with van der Waals surface area (Å²) in [4.78, 5) is 23.1. The zero-order valence-corrected chi connectivity index (χ0v) is 12.6. The number of rotatable bonds is 5. The van der Waals surface area contributed by atoms with Gasteiger partial charge < -0.3 is 15.0 Å². The number of carboxylic acids is 1. The van der Waals surface area contributed by atoms with Crippen molar-refractivity contribution >= 4 is 34.4 Å². The van der Waals surface area contributed by atoms with E-state index in [0.717, 1.165) is 10.9 Å². The molecule has 1 heterocycles. The van der Waals surface area contributed by atoms with Crippen LogP contribution in [0.25, 0.3) is 10.9 Å². The summed E-state index contributed by atoms with van der Waals surface area (Å²) in [6, 6.07) is 6.41. The summed E-state index contributed by atoms with van der Waals surface area (Å²) < 4.78 is 1.75. The summed E-state index contributed by atoms with van der Waals surface area (Å²) in [5, 5.41) is 13.1. The molecular weight excluding hydrogens is 292 g/mol. The highest BCUT2D eigenvalue weighted by molar-refractivity contribution is 6.35. The number of hydrogen-bond donors (Lipinski definition) is 2. The van der Waals surface area contributed by atoms with Crippen LogP contribution in [0.4, 0.5) is 0 Å². The Labute approximate surface area is 127 Å². The fourth-order valence-corrected chi connectivity index (χ4v) is 2.44. The Morgan fingerprint density at radius 2 is 2.05 bits per heavy atom. The molecule has 0 aliphatic carbocycles. The predicted octanol–water partition coefficient (Wildman–Crippen LogP) is 2.52. The van der Waals surface area contributed by atoms with Crippen molar-refractivity contribution in [2.75, 3.05) is 0 Å². The maximum atomic E-state index is 12.0.